The van der Waals surface area contributed by atoms with Crippen LogP contribution in [0.25, 0.3) is 5.69 Å². The van der Waals surface area contributed by atoms with Crippen LogP contribution in [-0.4, -0.2) is 24.9 Å². The van der Waals surface area contributed by atoms with E-state index in [0.29, 0.717) is 10.2 Å². The molecule has 1 aromatic carbocycles. The van der Waals surface area contributed by atoms with Gasteiger partial charge in [0, 0.05) is 6.07 Å². The molecule has 0 aliphatic heterocycles. The summed E-state index contributed by atoms with van der Waals surface area (Å²) >= 11 is 12.3. The van der Waals surface area contributed by atoms with Crippen LogP contribution < -0.4 is 16.0 Å². The largest absolute Gasteiger partial charge is 0.506 e. The van der Waals surface area contributed by atoms with Crippen molar-refractivity contribution in [2.24, 2.45) is 0 Å². The first kappa shape index (κ1) is 19.8. The Morgan fingerprint density at radius 1 is 1.21 bits per heavy atom. The van der Waals surface area contributed by atoms with Crippen LogP contribution in [0, 0.1) is 6.92 Å². The van der Waals surface area contributed by atoms with Crippen molar-refractivity contribution in [3.63, 3.8) is 0 Å². The van der Waals surface area contributed by atoms with E-state index in [1.807, 2.05) is 0 Å². The summed E-state index contributed by atoms with van der Waals surface area (Å²) in [4.78, 5) is 29.0. The highest BCUT2D eigenvalue weighted by Gasteiger charge is 2.19. The summed E-state index contributed by atoms with van der Waals surface area (Å²) in [5.41, 5.74) is -3.04. The zero-order valence-corrected chi connectivity index (χ0v) is 15.4. The van der Waals surface area contributed by atoms with Crippen LogP contribution in [0.5, 0.6) is 17.4 Å². The Morgan fingerprint density at radius 2 is 1.86 bits per heavy atom. The molecule has 0 saturated heterocycles. The normalized spacial score (nSPS) is 11.1. The summed E-state index contributed by atoms with van der Waals surface area (Å²) in [7, 11) is 0. The molecule has 0 atom stereocenters. The summed E-state index contributed by atoms with van der Waals surface area (Å²) in [6, 6.07) is 3.83. The average Bonchev–Trinajstić information content (AvgIpc) is 2.60. The molecule has 146 valence electrons. The van der Waals surface area contributed by atoms with Crippen molar-refractivity contribution in [3.05, 3.63) is 66.5 Å². The molecule has 0 aliphatic carbocycles. The summed E-state index contributed by atoms with van der Waals surface area (Å²) in [6.07, 6.45) is -2.01. The van der Waals surface area contributed by atoms with Crippen molar-refractivity contribution in [1.82, 2.24) is 19.7 Å². The van der Waals surface area contributed by atoms with Crippen molar-refractivity contribution in [1.29, 1.82) is 0 Å². The van der Waals surface area contributed by atoms with Crippen LogP contribution in [-0.2, 0) is 0 Å². The topological polar surface area (TPSA) is 110 Å². The molecule has 0 fully saturated rings. The average molecular weight is 431 g/mol. The van der Waals surface area contributed by atoms with Crippen LogP contribution >= 0.6 is 23.2 Å². The van der Waals surface area contributed by atoms with E-state index in [-0.39, 0.29) is 33.1 Å². The highest BCUT2D eigenvalue weighted by atomic mass is 35.5. The molecule has 0 saturated carbocycles. The molecule has 0 radical (unpaired) electrons. The van der Waals surface area contributed by atoms with Gasteiger partial charge in [-0.05, 0) is 24.6 Å². The second-order valence-electron chi connectivity index (χ2n) is 5.51. The number of halogens is 4. The van der Waals surface area contributed by atoms with Crippen molar-refractivity contribution >= 4 is 23.2 Å². The third-order valence-electron chi connectivity index (χ3n) is 3.55. The van der Waals surface area contributed by atoms with Gasteiger partial charge in [0.25, 0.3) is 12.0 Å². The molecule has 0 bridgehead atoms. The number of H-pyrrole nitrogens is 1. The number of aryl methyl sites for hydroxylation is 1. The molecule has 0 aliphatic rings. The van der Waals surface area contributed by atoms with Crippen molar-refractivity contribution in [2.75, 3.05) is 0 Å². The van der Waals surface area contributed by atoms with E-state index < -0.39 is 23.4 Å². The third-order valence-corrected chi connectivity index (χ3v) is 4.11. The molecule has 3 aromatic rings. The molecule has 0 amide bonds. The lowest BCUT2D eigenvalue weighted by molar-refractivity contribution is 0.141. The van der Waals surface area contributed by atoms with Gasteiger partial charge in [-0.2, -0.15) is 9.78 Å². The third kappa shape index (κ3) is 3.82. The molecular weight excluding hydrogens is 421 g/mol. The van der Waals surface area contributed by atoms with E-state index >= 15 is 0 Å². The van der Waals surface area contributed by atoms with Gasteiger partial charge in [0.2, 0.25) is 5.88 Å². The van der Waals surface area contributed by atoms with E-state index in [1.54, 1.807) is 11.9 Å². The zero-order valence-electron chi connectivity index (χ0n) is 13.9. The maximum atomic E-state index is 12.9. The van der Waals surface area contributed by atoms with Crippen molar-refractivity contribution < 1.29 is 18.6 Å². The lowest BCUT2D eigenvalue weighted by Crippen LogP contribution is -2.34. The van der Waals surface area contributed by atoms with Crippen LogP contribution in [0.3, 0.4) is 0 Å². The van der Waals surface area contributed by atoms with Crippen LogP contribution in [0.1, 0.15) is 17.7 Å². The SMILES string of the molecule is Cc1cc(Oc2c(Cl)cc(-n3nc(C(F)F)c(=O)[nH]c3=O)cc2Cl)ncc1O. The zero-order chi connectivity index (χ0) is 20.6. The Hall–Kier alpha value is -2.98. The van der Waals surface area contributed by atoms with Gasteiger partial charge in [-0.15, -0.1) is 0 Å². The van der Waals surface area contributed by atoms with E-state index in [4.69, 9.17) is 27.9 Å². The second-order valence-corrected chi connectivity index (χ2v) is 6.32. The standard InChI is InChI=1S/C16H10Cl2F2N4O4/c1-6-2-11(21-5-10(6)25)28-13-8(17)3-7(4-9(13)18)24-16(27)22-15(26)12(23-24)14(19)20/h2-5,14,25H,1H3,(H,22,26,27). The van der Waals surface area contributed by atoms with Gasteiger partial charge in [0.15, 0.2) is 11.4 Å². The summed E-state index contributed by atoms with van der Waals surface area (Å²) in [5.74, 6) is 0.0423. The van der Waals surface area contributed by atoms with Gasteiger partial charge in [0.05, 0.1) is 21.9 Å². The number of aromatic hydroxyl groups is 1. The predicted octanol–water partition coefficient (Wildman–Crippen LogP) is 3.37. The lowest BCUT2D eigenvalue weighted by Gasteiger charge is -2.12. The fraction of sp³-hybridized carbons (Fsp3) is 0.125. The number of nitrogens with zero attached hydrogens (tertiary/aromatic N) is 3. The Morgan fingerprint density at radius 3 is 2.43 bits per heavy atom. The monoisotopic (exact) mass is 430 g/mol. The minimum Gasteiger partial charge on any atom is -0.506 e. The Bertz CT molecular complexity index is 1160. The number of rotatable bonds is 4. The minimum atomic E-state index is -3.19. The Balaban J connectivity index is 2.05. The van der Waals surface area contributed by atoms with E-state index in [1.165, 1.54) is 24.4 Å². The van der Waals surface area contributed by atoms with Gasteiger partial charge in [-0.3, -0.25) is 9.78 Å². The molecule has 3 rings (SSSR count). The van der Waals surface area contributed by atoms with Gasteiger partial charge >= 0.3 is 5.69 Å². The van der Waals surface area contributed by atoms with E-state index in [0.717, 1.165) is 0 Å². The number of aromatic nitrogens is 4. The lowest BCUT2D eigenvalue weighted by atomic mass is 10.2. The quantitative estimate of drug-likeness (QED) is 0.656. The number of nitrogens with one attached hydrogen (secondary N) is 1. The first-order valence-electron chi connectivity index (χ1n) is 7.52. The van der Waals surface area contributed by atoms with Gasteiger partial charge in [0.1, 0.15) is 5.75 Å². The molecule has 0 spiro atoms. The number of alkyl halides is 2. The van der Waals surface area contributed by atoms with Gasteiger partial charge in [-0.1, -0.05) is 23.2 Å². The first-order chi connectivity index (χ1) is 13.2. The van der Waals surface area contributed by atoms with Gasteiger partial charge < -0.3 is 9.84 Å². The van der Waals surface area contributed by atoms with Crippen molar-refractivity contribution in [3.8, 4) is 23.1 Å². The Labute approximate surface area is 165 Å². The van der Waals surface area contributed by atoms with Crippen LogP contribution in [0.15, 0.2) is 34.0 Å². The molecule has 8 nitrogen and oxygen atoms in total. The number of pyridine rings is 1. The fourth-order valence-electron chi connectivity index (χ4n) is 2.18. The smallest absolute Gasteiger partial charge is 0.349 e. The second kappa shape index (κ2) is 7.56. The molecular formula is C16H10Cl2F2N4O4. The number of benzene rings is 1. The summed E-state index contributed by atoms with van der Waals surface area (Å²) in [5, 5.41) is 12.7. The number of hydrogen-bond donors (Lipinski definition) is 2. The maximum Gasteiger partial charge on any atom is 0.349 e. The summed E-state index contributed by atoms with van der Waals surface area (Å²) < 4.78 is 31.8. The highest BCUT2D eigenvalue weighted by Crippen LogP contribution is 2.38. The molecule has 2 heterocycles. The molecule has 2 aromatic heterocycles. The van der Waals surface area contributed by atoms with Crippen LogP contribution in [0.4, 0.5) is 8.78 Å². The fourth-order valence-corrected chi connectivity index (χ4v) is 2.73. The molecule has 12 heteroatoms. The molecule has 28 heavy (non-hydrogen) atoms. The Kier molecular flexibility index (Phi) is 5.34. The van der Waals surface area contributed by atoms with E-state index in [9.17, 15) is 23.5 Å². The van der Waals surface area contributed by atoms with Gasteiger partial charge in [-0.25, -0.2) is 18.6 Å². The maximum absolute atomic E-state index is 12.9. The number of ether oxygens (including phenoxy) is 1. The molecule has 0 unspecified atom stereocenters. The predicted molar refractivity (Wildman–Crippen MR) is 96.1 cm³/mol. The van der Waals surface area contributed by atoms with Crippen molar-refractivity contribution in [2.45, 2.75) is 13.3 Å². The first-order valence-corrected chi connectivity index (χ1v) is 8.27. The number of hydrogen-bond acceptors (Lipinski definition) is 6. The van der Waals surface area contributed by atoms with E-state index in [2.05, 4.69) is 10.1 Å². The summed E-state index contributed by atoms with van der Waals surface area (Å²) in [6.45, 7) is 1.63. The molecule has 2 N–H and O–H groups in total. The highest BCUT2D eigenvalue weighted by molar-refractivity contribution is 6.37. The van der Waals surface area contributed by atoms with Crippen LogP contribution in [0.2, 0.25) is 10.0 Å². The number of aromatic amines is 1. The minimum absolute atomic E-state index is 0.0174.